The lowest BCUT2D eigenvalue weighted by Crippen LogP contribution is -2.12. The van der Waals surface area contributed by atoms with Crippen LogP contribution in [0.3, 0.4) is 0 Å². The summed E-state index contributed by atoms with van der Waals surface area (Å²) in [7, 11) is 0. The van der Waals surface area contributed by atoms with Crippen molar-refractivity contribution in [3.05, 3.63) is 29.6 Å². The second-order valence-electron chi connectivity index (χ2n) is 3.30. The molecule has 2 nitrogen and oxygen atoms in total. The first kappa shape index (κ1) is 12.0. The summed E-state index contributed by atoms with van der Waals surface area (Å²) in [4.78, 5) is 3.78. The molecule has 1 N–H and O–H groups in total. The summed E-state index contributed by atoms with van der Waals surface area (Å²) in [5, 5.41) is 9.28. The van der Waals surface area contributed by atoms with Gasteiger partial charge in [-0.25, -0.2) is 0 Å². The van der Waals surface area contributed by atoms with Crippen LogP contribution >= 0.6 is 0 Å². The standard InChI is InChI=1S/C10H12F3NO/c1-2-9(15)6-8-5-7(3-4-14-8)10(11,12)13/h3-5,9,15H,2,6H2,1H3. The van der Waals surface area contributed by atoms with E-state index in [4.69, 9.17) is 0 Å². The van der Waals surface area contributed by atoms with Crippen molar-refractivity contribution in [3.8, 4) is 0 Å². The smallest absolute Gasteiger partial charge is 0.393 e. The third kappa shape index (κ3) is 3.51. The largest absolute Gasteiger partial charge is 0.416 e. The van der Waals surface area contributed by atoms with Crippen LogP contribution in [0.2, 0.25) is 0 Å². The number of alkyl halides is 3. The van der Waals surface area contributed by atoms with Crippen molar-refractivity contribution >= 4 is 0 Å². The zero-order valence-corrected chi connectivity index (χ0v) is 8.25. The quantitative estimate of drug-likeness (QED) is 0.846. The van der Waals surface area contributed by atoms with Crippen LogP contribution in [0.5, 0.6) is 0 Å². The van der Waals surface area contributed by atoms with Crippen LogP contribution in [0, 0.1) is 0 Å². The lowest BCUT2D eigenvalue weighted by Gasteiger charge is -2.10. The zero-order chi connectivity index (χ0) is 11.5. The summed E-state index contributed by atoms with van der Waals surface area (Å²) in [6.07, 6.45) is -3.23. The number of aliphatic hydroxyl groups is 1. The van der Waals surface area contributed by atoms with Gasteiger partial charge in [-0.05, 0) is 18.6 Å². The molecule has 1 aromatic rings. The second-order valence-corrected chi connectivity index (χ2v) is 3.30. The minimum Gasteiger partial charge on any atom is -0.393 e. The molecule has 0 saturated carbocycles. The van der Waals surface area contributed by atoms with E-state index in [2.05, 4.69) is 4.98 Å². The van der Waals surface area contributed by atoms with Crippen LogP contribution in [0.15, 0.2) is 18.3 Å². The van der Waals surface area contributed by atoms with Crippen LogP contribution < -0.4 is 0 Å². The molecule has 0 spiro atoms. The molecule has 0 amide bonds. The van der Waals surface area contributed by atoms with Crippen LogP contribution in [0.25, 0.3) is 0 Å². The van der Waals surface area contributed by atoms with E-state index in [9.17, 15) is 18.3 Å². The maximum Gasteiger partial charge on any atom is 0.416 e. The molecule has 1 atom stereocenters. The molecular weight excluding hydrogens is 207 g/mol. The Morgan fingerprint density at radius 3 is 2.67 bits per heavy atom. The molecule has 1 unspecified atom stereocenters. The van der Waals surface area contributed by atoms with Crippen LogP contribution in [-0.4, -0.2) is 16.2 Å². The monoisotopic (exact) mass is 219 g/mol. The SMILES string of the molecule is CCC(O)Cc1cc(C(F)(F)F)ccn1. The summed E-state index contributed by atoms with van der Waals surface area (Å²) in [5.74, 6) is 0. The van der Waals surface area contributed by atoms with Gasteiger partial charge in [-0.3, -0.25) is 4.98 Å². The Labute approximate surface area is 85.8 Å². The average molecular weight is 219 g/mol. The molecule has 1 aromatic heterocycles. The van der Waals surface area contributed by atoms with E-state index in [1.807, 2.05) is 0 Å². The first-order valence-corrected chi connectivity index (χ1v) is 4.63. The van der Waals surface area contributed by atoms with Crippen molar-refractivity contribution in [2.45, 2.75) is 32.0 Å². The number of aliphatic hydroxyl groups excluding tert-OH is 1. The van der Waals surface area contributed by atoms with Crippen LogP contribution in [0.1, 0.15) is 24.6 Å². The highest BCUT2D eigenvalue weighted by Crippen LogP contribution is 2.29. The first-order chi connectivity index (χ1) is 6.93. The van der Waals surface area contributed by atoms with Gasteiger partial charge in [-0.2, -0.15) is 13.2 Å². The van der Waals surface area contributed by atoms with Crippen molar-refractivity contribution in [1.82, 2.24) is 4.98 Å². The molecule has 0 aliphatic rings. The summed E-state index contributed by atoms with van der Waals surface area (Å²) in [5.41, 5.74) is -0.463. The van der Waals surface area contributed by atoms with Crippen LogP contribution in [-0.2, 0) is 12.6 Å². The van der Waals surface area contributed by atoms with Gasteiger partial charge < -0.3 is 5.11 Å². The van der Waals surface area contributed by atoms with E-state index in [-0.39, 0.29) is 12.1 Å². The third-order valence-electron chi connectivity index (χ3n) is 2.06. The molecule has 0 aliphatic carbocycles. The van der Waals surface area contributed by atoms with Gasteiger partial charge in [0.2, 0.25) is 0 Å². The van der Waals surface area contributed by atoms with Gasteiger partial charge in [0, 0.05) is 18.3 Å². The highest BCUT2D eigenvalue weighted by Gasteiger charge is 2.30. The predicted octanol–water partition coefficient (Wildman–Crippen LogP) is 2.41. The van der Waals surface area contributed by atoms with E-state index >= 15 is 0 Å². The van der Waals surface area contributed by atoms with Gasteiger partial charge in [-0.1, -0.05) is 6.92 Å². The van der Waals surface area contributed by atoms with E-state index in [1.165, 1.54) is 0 Å². The Bertz CT molecular complexity index is 325. The summed E-state index contributed by atoms with van der Waals surface area (Å²) in [6.45, 7) is 1.76. The van der Waals surface area contributed by atoms with Gasteiger partial charge in [0.25, 0.3) is 0 Å². The fourth-order valence-corrected chi connectivity index (χ4v) is 1.15. The lowest BCUT2D eigenvalue weighted by atomic mass is 10.1. The van der Waals surface area contributed by atoms with Crippen molar-refractivity contribution in [2.75, 3.05) is 0 Å². The molecule has 15 heavy (non-hydrogen) atoms. The molecule has 0 saturated heterocycles. The maximum absolute atomic E-state index is 12.3. The first-order valence-electron chi connectivity index (χ1n) is 4.63. The lowest BCUT2D eigenvalue weighted by molar-refractivity contribution is -0.137. The fourth-order valence-electron chi connectivity index (χ4n) is 1.15. The molecule has 1 rings (SSSR count). The van der Waals surface area contributed by atoms with Gasteiger partial charge in [0.1, 0.15) is 0 Å². The number of nitrogens with zero attached hydrogens (tertiary/aromatic N) is 1. The van der Waals surface area contributed by atoms with Crippen molar-refractivity contribution in [1.29, 1.82) is 0 Å². The highest BCUT2D eigenvalue weighted by atomic mass is 19.4. The predicted molar refractivity (Wildman–Crippen MR) is 49.2 cm³/mol. The van der Waals surface area contributed by atoms with E-state index in [1.54, 1.807) is 6.92 Å². The van der Waals surface area contributed by atoms with Gasteiger partial charge >= 0.3 is 6.18 Å². The molecular formula is C10H12F3NO. The topological polar surface area (TPSA) is 33.1 Å². The van der Waals surface area contributed by atoms with Gasteiger partial charge in [0.15, 0.2) is 0 Å². The summed E-state index contributed by atoms with van der Waals surface area (Å²) >= 11 is 0. The zero-order valence-electron chi connectivity index (χ0n) is 8.25. The fraction of sp³-hybridized carbons (Fsp3) is 0.500. The molecule has 0 aliphatic heterocycles. The third-order valence-corrected chi connectivity index (χ3v) is 2.06. The van der Waals surface area contributed by atoms with E-state index in [0.29, 0.717) is 6.42 Å². The number of hydrogen-bond acceptors (Lipinski definition) is 2. The Morgan fingerprint density at radius 2 is 2.13 bits per heavy atom. The Balaban J connectivity index is 2.84. The average Bonchev–Trinajstić information content (AvgIpc) is 2.17. The Hall–Kier alpha value is -1.10. The molecule has 1 heterocycles. The Kier molecular flexibility index (Phi) is 3.68. The van der Waals surface area contributed by atoms with Crippen LogP contribution in [0.4, 0.5) is 13.2 Å². The molecule has 0 bridgehead atoms. The molecule has 0 radical (unpaired) electrons. The van der Waals surface area contributed by atoms with Crippen molar-refractivity contribution in [3.63, 3.8) is 0 Å². The normalized spacial score (nSPS) is 13.9. The van der Waals surface area contributed by atoms with E-state index in [0.717, 1.165) is 18.3 Å². The molecule has 0 aromatic carbocycles. The minimum absolute atomic E-state index is 0.153. The number of halogens is 3. The van der Waals surface area contributed by atoms with Crippen molar-refractivity contribution < 1.29 is 18.3 Å². The second kappa shape index (κ2) is 4.61. The number of pyridine rings is 1. The number of rotatable bonds is 3. The van der Waals surface area contributed by atoms with Gasteiger partial charge in [0.05, 0.1) is 11.7 Å². The number of hydrogen-bond donors (Lipinski definition) is 1. The minimum atomic E-state index is -4.35. The highest BCUT2D eigenvalue weighted by molar-refractivity contribution is 5.19. The number of aromatic nitrogens is 1. The molecule has 0 fully saturated rings. The van der Waals surface area contributed by atoms with Crippen molar-refractivity contribution in [2.24, 2.45) is 0 Å². The Morgan fingerprint density at radius 1 is 1.47 bits per heavy atom. The summed E-state index contributed by atoms with van der Waals surface area (Å²) < 4.78 is 36.9. The van der Waals surface area contributed by atoms with Gasteiger partial charge in [-0.15, -0.1) is 0 Å². The maximum atomic E-state index is 12.3. The molecule has 5 heteroatoms. The summed E-state index contributed by atoms with van der Waals surface area (Å²) in [6, 6.07) is 1.89. The molecule has 84 valence electrons. The van der Waals surface area contributed by atoms with E-state index < -0.39 is 17.8 Å².